The van der Waals surface area contributed by atoms with Gasteiger partial charge in [0.05, 0.1) is 0 Å². The van der Waals surface area contributed by atoms with Gasteiger partial charge in [-0.05, 0) is 43.7 Å². The first kappa shape index (κ1) is 12.4. The van der Waals surface area contributed by atoms with Gasteiger partial charge >= 0.3 is 0 Å². The van der Waals surface area contributed by atoms with Gasteiger partial charge in [0.1, 0.15) is 0 Å². The van der Waals surface area contributed by atoms with Gasteiger partial charge < -0.3 is 0 Å². The lowest BCUT2D eigenvalue weighted by atomic mass is 9.92. The molecule has 1 aromatic carbocycles. The van der Waals surface area contributed by atoms with Crippen LogP contribution in [0, 0.1) is 12.8 Å². The zero-order valence-corrected chi connectivity index (χ0v) is 11.3. The Morgan fingerprint density at radius 1 is 1.29 bits per heavy atom. The van der Waals surface area contributed by atoms with E-state index in [1.807, 2.05) is 0 Å². The molecule has 0 unspecified atom stereocenters. The van der Waals surface area contributed by atoms with E-state index in [1.165, 1.54) is 60.8 Å². The van der Waals surface area contributed by atoms with Crippen LogP contribution in [0.1, 0.15) is 55.7 Å². The number of hydrogen-bond acceptors (Lipinski definition) is 0. The lowest BCUT2D eigenvalue weighted by molar-refractivity contribution is 0.503. The molecule has 0 radical (unpaired) electrons. The van der Waals surface area contributed by atoms with Crippen LogP contribution in [0.3, 0.4) is 0 Å². The predicted molar refractivity (Wildman–Crippen MR) is 76.2 cm³/mol. The number of allylic oxidation sites excluding steroid dienone is 1. The molecular formula is C17H24. The summed E-state index contributed by atoms with van der Waals surface area (Å²) < 4.78 is 0. The fraction of sp³-hybridized carbons (Fsp3) is 0.529. The van der Waals surface area contributed by atoms with Crippen molar-refractivity contribution in [1.29, 1.82) is 0 Å². The van der Waals surface area contributed by atoms with E-state index in [2.05, 4.69) is 38.6 Å². The topological polar surface area (TPSA) is 0 Å². The highest BCUT2D eigenvalue weighted by atomic mass is 14.2. The average Bonchev–Trinajstić information content (AvgIpc) is 2.78. The minimum Gasteiger partial charge on any atom is -0.0955 e. The van der Waals surface area contributed by atoms with Gasteiger partial charge in [0.25, 0.3) is 0 Å². The molecule has 1 saturated carbocycles. The molecule has 1 aliphatic carbocycles. The molecular weight excluding hydrogens is 204 g/mol. The third kappa shape index (κ3) is 3.21. The molecule has 17 heavy (non-hydrogen) atoms. The molecule has 1 aromatic rings. The Morgan fingerprint density at radius 3 is 2.65 bits per heavy atom. The lowest BCUT2D eigenvalue weighted by Crippen LogP contribution is -1.99. The Labute approximate surface area is 106 Å². The summed E-state index contributed by atoms with van der Waals surface area (Å²) in [5.41, 5.74) is 5.45. The van der Waals surface area contributed by atoms with E-state index in [9.17, 15) is 0 Å². The summed E-state index contributed by atoms with van der Waals surface area (Å²) in [5, 5.41) is 0. The molecule has 0 nitrogen and oxygen atoms in total. The van der Waals surface area contributed by atoms with Crippen molar-refractivity contribution in [2.24, 2.45) is 5.92 Å². The minimum absolute atomic E-state index is 0.980. The van der Waals surface area contributed by atoms with E-state index in [1.54, 1.807) is 0 Å². The summed E-state index contributed by atoms with van der Waals surface area (Å²) in [6.45, 7) is 8.39. The third-order valence-electron chi connectivity index (χ3n) is 4.02. The van der Waals surface area contributed by atoms with Crippen LogP contribution < -0.4 is 0 Å². The molecule has 0 saturated heterocycles. The highest BCUT2D eigenvalue weighted by Gasteiger charge is 2.15. The van der Waals surface area contributed by atoms with Gasteiger partial charge in [-0.1, -0.05) is 61.6 Å². The minimum atomic E-state index is 0.980. The fourth-order valence-electron chi connectivity index (χ4n) is 3.00. The van der Waals surface area contributed by atoms with E-state index >= 15 is 0 Å². The second kappa shape index (κ2) is 5.53. The number of aryl methyl sites for hydroxylation is 2. The van der Waals surface area contributed by atoms with Crippen molar-refractivity contribution in [3.05, 3.63) is 41.5 Å². The van der Waals surface area contributed by atoms with E-state index in [0.29, 0.717) is 0 Å². The largest absolute Gasteiger partial charge is 0.0955 e. The van der Waals surface area contributed by atoms with Crippen LogP contribution in [-0.2, 0) is 6.42 Å². The van der Waals surface area contributed by atoms with E-state index < -0.39 is 0 Å². The summed E-state index contributed by atoms with van der Waals surface area (Å²) in [4.78, 5) is 0. The van der Waals surface area contributed by atoms with Crippen LogP contribution in [0.4, 0.5) is 0 Å². The predicted octanol–water partition coefficient (Wildman–Crippen LogP) is 5.15. The van der Waals surface area contributed by atoms with E-state index in [0.717, 1.165) is 5.92 Å². The van der Waals surface area contributed by atoms with Gasteiger partial charge in [0.2, 0.25) is 0 Å². The van der Waals surface area contributed by atoms with Gasteiger partial charge in [-0.25, -0.2) is 0 Å². The Bertz CT molecular complexity index is 394. The third-order valence-corrected chi connectivity index (χ3v) is 4.02. The molecule has 0 spiro atoms. The zero-order chi connectivity index (χ0) is 12.3. The maximum absolute atomic E-state index is 4.10. The summed E-state index contributed by atoms with van der Waals surface area (Å²) in [7, 11) is 0. The standard InChI is InChI=1S/C17H24/c1-13(2)17-11-8-14(3)12-16(17)10-9-15-6-4-5-7-15/h8,11-12,15H,1,4-7,9-10H2,2-3H3. The number of benzene rings is 1. The van der Waals surface area contributed by atoms with Crippen LogP contribution >= 0.6 is 0 Å². The van der Waals surface area contributed by atoms with Crippen LogP contribution in [0.15, 0.2) is 24.8 Å². The summed E-state index contributed by atoms with van der Waals surface area (Å²) >= 11 is 0. The summed E-state index contributed by atoms with van der Waals surface area (Å²) in [5.74, 6) is 0.980. The second-order valence-electron chi connectivity index (χ2n) is 5.63. The molecule has 1 aliphatic rings. The smallest absolute Gasteiger partial charge is 0.0201 e. The molecule has 0 amide bonds. The molecule has 1 fully saturated rings. The highest BCUT2D eigenvalue weighted by Crippen LogP contribution is 2.30. The first-order valence-electron chi connectivity index (χ1n) is 6.92. The first-order valence-corrected chi connectivity index (χ1v) is 6.92. The molecule has 2 rings (SSSR count). The van der Waals surface area contributed by atoms with Crippen molar-refractivity contribution in [1.82, 2.24) is 0 Å². The summed E-state index contributed by atoms with van der Waals surface area (Å²) in [6, 6.07) is 6.78. The van der Waals surface area contributed by atoms with Crippen molar-refractivity contribution < 1.29 is 0 Å². The van der Waals surface area contributed by atoms with Crippen molar-refractivity contribution in [2.75, 3.05) is 0 Å². The molecule has 0 heterocycles. The van der Waals surface area contributed by atoms with Gasteiger partial charge in [-0.3, -0.25) is 0 Å². The van der Waals surface area contributed by atoms with Crippen molar-refractivity contribution in [2.45, 2.75) is 52.4 Å². The van der Waals surface area contributed by atoms with E-state index in [4.69, 9.17) is 0 Å². The quantitative estimate of drug-likeness (QED) is 0.668. The van der Waals surface area contributed by atoms with E-state index in [-0.39, 0.29) is 0 Å². The Balaban J connectivity index is 2.07. The number of rotatable bonds is 4. The summed E-state index contributed by atoms with van der Waals surface area (Å²) in [6.07, 6.45) is 8.40. The monoisotopic (exact) mass is 228 g/mol. The van der Waals surface area contributed by atoms with Crippen LogP contribution in [0.5, 0.6) is 0 Å². The second-order valence-corrected chi connectivity index (χ2v) is 5.63. The Kier molecular flexibility index (Phi) is 4.04. The van der Waals surface area contributed by atoms with Gasteiger partial charge in [0, 0.05) is 0 Å². The first-order chi connectivity index (χ1) is 8.16. The molecule has 92 valence electrons. The van der Waals surface area contributed by atoms with Gasteiger partial charge in [0.15, 0.2) is 0 Å². The maximum atomic E-state index is 4.10. The number of hydrogen-bond donors (Lipinski definition) is 0. The Morgan fingerprint density at radius 2 is 2.00 bits per heavy atom. The highest BCUT2D eigenvalue weighted by molar-refractivity contribution is 5.65. The normalized spacial score (nSPS) is 16.4. The fourth-order valence-corrected chi connectivity index (χ4v) is 3.00. The molecule has 0 bridgehead atoms. The molecule has 0 N–H and O–H groups in total. The molecule has 0 aromatic heterocycles. The Hall–Kier alpha value is -1.04. The van der Waals surface area contributed by atoms with Crippen LogP contribution in [0.25, 0.3) is 5.57 Å². The van der Waals surface area contributed by atoms with Gasteiger partial charge in [-0.2, -0.15) is 0 Å². The van der Waals surface area contributed by atoms with Crippen LogP contribution in [-0.4, -0.2) is 0 Å². The molecule has 0 aliphatic heterocycles. The van der Waals surface area contributed by atoms with Crippen LogP contribution in [0.2, 0.25) is 0 Å². The zero-order valence-electron chi connectivity index (χ0n) is 11.3. The van der Waals surface area contributed by atoms with Crippen molar-refractivity contribution in [3.8, 4) is 0 Å². The van der Waals surface area contributed by atoms with Crippen molar-refractivity contribution in [3.63, 3.8) is 0 Å². The van der Waals surface area contributed by atoms with Gasteiger partial charge in [-0.15, -0.1) is 0 Å². The maximum Gasteiger partial charge on any atom is -0.0201 e. The van der Waals surface area contributed by atoms with Crippen molar-refractivity contribution >= 4 is 5.57 Å². The SMILES string of the molecule is C=C(C)c1ccc(C)cc1CCC1CCCC1. The lowest BCUT2D eigenvalue weighted by Gasteiger charge is -2.13. The average molecular weight is 228 g/mol. The molecule has 0 heteroatoms. The molecule has 0 atom stereocenters.